The zero-order valence-electron chi connectivity index (χ0n) is 16.3. The van der Waals surface area contributed by atoms with Gasteiger partial charge in [-0.15, -0.1) is 10.2 Å². The summed E-state index contributed by atoms with van der Waals surface area (Å²) in [6.45, 7) is 5.04. The van der Waals surface area contributed by atoms with Crippen LogP contribution in [0, 0.1) is 35.4 Å². The highest BCUT2D eigenvalue weighted by atomic mass is 35.7. The van der Waals surface area contributed by atoms with Crippen LogP contribution in [0.2, 0.25) is 0 Å². The Balaban J connectivity index is 0.000000461. The minimum Gasteiger partial charge on any atom is -0.222 e. The van der Waals surface area contributed by atoms with E-state index in [1.807, 2.05) is 12.1 Å². The Bertz CT molecular complexity index is 1090. The van der Waals surface area contributed by atoms with E-state index in [0.29, 0.717) is 5.56 Å². The smallest absolute Gasteiger partial charge is 0.222 e. The molecule has 154 valence electrons. The molecule has 2 heterocycles. The van der Waals surface area contributed by atoms with Crippen LogP contribution in [0.1, 0.15) is 16.7 Å². The van der Waals surface area contributed by atoms with Crippen molar-refractivity contribution in [2.24, 2.45) is 0 Å². The van der Waals surface area contributed by atoms with E-state index < -0.39 is 10.2 Å². The summed E-state index contributed by atoms with van der Waals surface area (Å²) >= 11 is 1.74. The SMILES string of the molecule is Cc1ccc(-c2nc(-c3ccc(C)cc3)[n+]3c(c2C#N)SCC3)cc1.[O-][Cl+3]([O-])([O-])[O-]. The second-order valence-corrected chi connectivity index (χ2v) is 8.53. The summed E-state index contributed by atoms with van der Waals surface area (Å²) in [6.07, 6.45) is 0. The zero-order valence-corrected chi connectivity index (χ0v) is 17.9. The zero-order chi connectivity index (χ0) is 21.9. The summed E-state index contributed by atoms with van der Waals surface area (Å²) in [6, 6.07) is 19.1. The molecule has 0 unspecified atom stereocenters. The molecule has 0 amide bonds. The Hall–Kier alpha value is -2.51. The van der Waals surface area contributed by atoms with Crippen LogP contribution in [-0.4, -0.2) is 10.7 Å². The fraction of sp³-hybridized carbons (Fsp3) is 0.190. The predicted octanol–water partition coefficient (Wildman–Crippen LogP) is -0.459. The van der Waals surface area contributed by atoms with E-state index in [1.54, 1.807) is 11.8 Å². The monoisotopic (exact) mass is 443 g/mol. The summed E-state index contributed by atoms with van der Waals surface area (Å²) in [5, 5.41) is 10.8. The van der Waals surface area contributed by atoms with Gasteiger partial charge in [-0.1, -0.05) is 59.3 Å². The van der Waals surface area contributed by atoms with Crippen LogP contribution in [0.4, 0.5) is 0 Å². The first-order chi connectivity index (χ1) is 14.2. The summed E-state index contributed by atoms with van der Waals surface area (Å²) < 4.78 is 36.2. The van der Waals surface area contributed by atoms with Crippen LogP contribution >= 0.6 is 11.8 Å². The van der Waals surface area contributed by atoms with Gasteiger partial charge in [0, 0.05) is 11.3 Å². The average molecular weight is 444 g/mol. The van der Waals surface area contributed by atoms with Crippen molar-refractivity contribution in [2.75, 3.05) is 5.75 Å². The van der Waals surface area contributed by atoms with Crippen molar-refractivity contribution in [2.45, 2.75) is 25.4 Å². The van der Waals surface area contributed by atoms with Crippen molar-refractivity contribution in [3.8, 4) is 28.7 Å². The van der Waals surface area contributed by atoms with Gasteiger partial charge < -0.3 is 0 Å². The molecule has 1 aliphatic heterocycles. The summed E-state index contributed by atoms with van der Waals surface area (Å²) in [5.74, 6) is 1.92. The van der Waals surface area contributed by atoms with Crippen molar-refractivity contribution in [1.82, 2.24) is 4.98 Å². The van der Waals surface area contributed by atoms with Gasteiger partial charge in [-0.05, 0) is 31.0 Å². The second kappa shape index (κ2) is 9.10. The fourth-order valence-corrected chi connectivity index (χ4v) is 4.18. The van der Waals surface area contributed by atoms with Crippen LogP contribution in [-0.2, 0) is 6.54 Å². The third kappa shape index (κ3) is 5.34. The maximum atomic E-state index is 9.78. The standard InChI is InChI=1S/C21H18N3S.ClHO4/c1-14-3-7-16(8-4-14)19-18(13-22)21-24(11-12-25-21)20(23-19)17-9-5-15(2)6-10-17;2-1(3,4)5/h3-10H,11-12H2,1-2H3;(H,2,3,4,5)/q+1;/p-1. The third-order valence-corrected chi connectivity index (χ3v) is 5.55. The van der Waals surface area contributed by atoms with Gasteiger partial charge in [0.1, 0.15) is 12.6 Å². The molecule has 0 aliphatic carbocycles. The van der Waals surface area contributed by atoms with Crippen molar-refractivity contribution in [3.63, 3.8) is 0 Å². The predicted molar refractivity (Wildman–Crippen MR) is 100 cm³/mol. The van der Waals surface area contributed by atoms with E-state index in [-0.39, 0.29) is 0 Å². The maximum Gasteiger partial charge on any atom is 0.331 e. The lowest BCUT2D eigenvalue weighted by Crippen LogP contribution is -2.68. The number of halogens is 1. The van der Waals surface area contributed by atoms with Gasteiger partial charge in [0.25, 0.3) is 0 Å². The van der Waals surface area contributed by atoms with Gasteiger partial charge in [0.15, 0.2) is 10.6 Å². The highest BCUT2D eigenvalue weighted by molar-refractivity contribution is 7.99. The van der Waals surface area contributed by atoms with Crippen molar-refractivity contribution in [3.05, 3.63) is 65.2 Å². The molecule has 0 fully saturated rings. The number of nitriles is 1. The van der Waals surface area contributed by atoms with E-state index >= 15 is 0 Å². The molecule has 0 radical (unpaired) electrons. The highest BCUT2D eigenvalue weighted by Gasteiger charge is 2.32. The Morgan fingerprint density at radius 2 is 1.43 bits per heavy atom. The van der Waals surface area contributed by atoms with Gasteiger partial charge in [-0.25, -0.2) is 23.2 Å². The normalized spacial score (nSPS) is 12.6. The minimum absolute atomic E-state index is 0.683. The molecule has 1 aromatic heterocycles. The van der Waals surface area contributed by atoms with E-state index in [9.17, 15) is 5.26 Å². The van der Waals surface area contributed by atoms with E-state index in [0.717, 1.165) is 40.0 Å². The van der Waals surface area contributed by atoms with Crippen LogP contribution in [0.3, 0.4) is 0 Å². The average Bonchev–Trinajstić information content (AvgIpc) is 3.16. The molecule has 4 rings (SSSR count). The van der Waals surface area contributed by atoms with Crippen molar-refractivity contribution >= 4 is 11.8 Å². The first-order valence-corrected chi connectivity index (χ1v) is 11.2. The first kappa shape index (κ1) is 22.2. The number of hydrogen-bond donors (Lipinski definition) is 0. The molecule has 0 atom stereocenters. The molecule has 0 saturated heterocycles. The lowest BCUT2D eigenvalue weighted by atomic mass is 10.0. The number of rotatable bonds is 2. The second-order valence-electron chi connectivity index (χ2n) is 6.69. The molecule has 0 spiro atoms. The lowest BCUT2D eigenvalue weighted by molar-refractivity contribution is -2.00. The van der Waals surface area contributed by atoms with Crippen LogP contribution < -0.4 is 23.2 Å². The highest BCUT2D eigenvalue weighted by Crippen LogP contribution is 2.33. The first-order valence-electron chi connectivity index (χ1n) is 8.94. The third-order valence-electron chi connectivity index (χ3n) is 4.47. The molecule has 0 bridgehead atoms. The lowest BCUT2D eigenvalue weighted by Gasteiger charge is -2.17. The Kier molecular flexibility index (Phi) is 6.73. The Labute approximate surface area is 180 Å². The molecule has 2 aromatic carbocycles. The maximum absolute atomic E-state index is 9.78. The van der Waals surface area contributed by atoms with Crippen LogP contribution in [0.15, 0.2) is 53.6 Å². The van der Waals surface area contributed by atoms with Gasteiger partial charge in [0.05, 0.1) is 5.56 Å². The fourth-order valence-electron chi connectivity index (χ4n) is 3.09. The van der Waals surface area contributed by atoms with Crippen LogP contribution in [0.5, 0.6) is 0 Å². The minimum atomic E-state index is -4.94. The molecule has 9 heteroatoms. The summed E-state index contributed by atoms with van der Waals surface area (Å²) in [4.78, 5) is 4.94. The number of aromatic nitrogens is 2. The molecule has 0 N–H and O–H groups in total. The molecule has 30 heavy (non-hydrogen) atoms. The van der Waals surface area contributed by atoms with Gasteiger partial charge in [0.2, 0.25) is 5.69 Å². The number of hydrogen-bond acceptors (Lipinski definition) is 7. The van der Waals surface area contributed by atoms with Gasteiger partial charge in [-0.2, -0.15) is 5.26 Å². The molecule has 1 aliphatic rings. The molecular formula is C21H18ClN3O4S. The molecule has 3 aromatic rings. The summed E-state index contributed by atoms with van der Waals surface area (Å²) in [5.41, 5.74) is 5.97. The number of aryl methyl sites for hydroxylation is 2. The van der Waals surface area contributed by atoms with Gasteiger partial charge in [-0.3, -0.25) is 0 Å². The quantitative estimate of drug-likeness (QED) is 0.386. The topological polar surface area (TPSA) is 133 Å². The van der Waals surface area contributed by atoms with Crippen LogP contribution in [0.25, 0.3) is 22.6 Å². The Morgan fingerprint density at radius 1 is 0.933 bits per heavy atom. The molecule has 7 nitrogen and oxygen atoms in total. The number of fused-ring (bicyclic) bond motifs is 1. The van der Waals surface area contributed by atoms with Crippen molar-refractivity contribution in [1.29, 1.82) is 5.26 Å². The number of nitrogens with zero attached hydrogens (tertiary/aromatic N) is 3. The van der Waals surface area contributed by atoms with Crippen molar-refractivity contribution < 1.29 is 33.4 Å². The van der Waals surface area contributed by atoms with Gasteiger partial charge >= 0.3 is 5.82 Å². The van der Waals surface area contributed by atoms with E-state index in [4.69, 9.17) is 23.6 Å². The molecular weight excluding hydrogens is 426 g/mol. The van der Waals surface area contributed by atoms with E-state index in [2.05, 4.69) is 60.9 Å². The number of benzene rings is 2. The molecule has 0 saturated carbocycles. The summed E-state index contributed by atoms with van der Waals surface area (Å²) in [7, 11) is -4.94. The largest absolute Gasteiger partial charge is 0.331 e. The van der Waals surface area contributed by atoms with E-state index in [1.165, 1.54) is 11.1 Å². The number of thioether (sulfide) groups is 1. The Morgan fingerprint density at radius 3 is 1.93 bits per heavy atom.